The summed E-state index contributed by atoms with van der Waals surface area (Å²) in [6.45, 7) is 1.96. The summed E-state index contributed by atoms with van der Waals surface area (Å²) in [6.07, 6.45) is 0.894. The van der Waals surface area contributed by atoms with Crippen molar-refractivity contribution in [2.45, 2.75) is 56.7 Å². The van der Waals surface area contributed by atoms with Crippen LogP contribution in [0, 0.1) is 11.8 Å². The third-order valence-corrected chi connectivity index (χ3v) is 10.9. The minimum atomic E-state index is -4.59. The van der Waals surface area contributed by atoms with Crippen LogP contribution in [0.25, 0.3) is 5.78 Å². The van der Waals surface area contributed by atoms with Gasteiger partial charge < -0.3 is 24.8 Å². The van der Waals surface area contributed by atoms with Crippen molar-refractivity contribution in [2.24, 2.45) is 11.8 Å². The molecule has 4 aliphatic rings. The highest BCUT2D eigenvalue weighted by Crippen LogP contribution is 2.46. The van der Waals surface area contributed by atoms with E-state index in [4.69, 9.17) is 16.6 Å². The zero-order chi connectivity index (χ0) is 34.2. The molecule has 2 amide bonds. The number of carbonyl (C=O) groups excluding carboxylic acids is 2. The lowest BCUT2D eigenvalue weighted by Gasteiger charge is -2.45. The van der Waals surface area contributed by atoms with Crippen LogP contribution in [0.4, 0.5) is 24.8 Å². The zero-order valence-corrected chi connectivity index (χ0v) is 27.0. The highest BCUT2D eigenvalue weighted by Gasteiger charge is 2.47. The number of fused-ring (bicyclic) bond motifs is 4. The fraction of sp³-hybridized carbons (Fsp3) is 0.455. The molecule has 0 radical (unpaired) electrons. The van der Waals surface area contributed by atoms with Gasteiger partial charge in [0.1, 0.15) is 12.3 Å². The van der Waals surface area contributed by atoms with Crippen molar-refractivity contribution in [3.63, 3.8) is 0 Å². The molecule has 8 rings (SSSR count). The van der Waals surface area contributed by atoms with Crippen LogP contribution in [0.2, 0.25) is 5.02 Å². The number of carbonyl (C=O) groups is 2. The van der Waals surface area contributed by atoms with Crippen molar-refractivity contribution in [1.29, 1.82) is 0 Å². The first-order valence-corrected chi connectivity index (χ1v) is 16.7. The smallest absolute Gasteiger partial charge is 0.416 e. The predicted octanol–water partition coefficient (Wildman–Crippen LogP) is 4.27. The second kappa shape index (κ2) is 11.5. The first kappa shape index (κ1) is 31.6. The molecule has 2 saturated heterocycles. The van der Waals surface area contributed by atoms with Gasteiger partial charge in [-0.2, -0.15) is 22.7 Å². The van der Waals surface area contributed by atoms with Gasteiger partial charge in [-0.05, 0) is 80.7 Å². The van der Waals surface area contributed by atoms with Crippen molar-refractivity contribution < 1.29 is 27.9 Å². The number of aromatic nitrogens is 5. The molecule has 3 aromatic heterocycles. The Labute approximate surface area is 282 Å². The Morgan fingerprint density at radius 3 is 2.55 bits per heavy atom. The third kappa shape index (κ3) is 5.47. The van der Waals surface area contributed by atoms with Crippen molar-refractivity contribution in [2.75, 3.05) is 36.4 Å². The van der Waals surface area contributed by atoms with E-state index in [1.807, 2.05) is 0 Å². The molecule has 5 heterocycles. The van der Waals surface area contributed by atoms with Gasteiger partial charge >= 0.3 is 6.18 Å². The Morgan fingerprint density at radius 2 is 1.86 bits per heavy atom. The monoisotopic (exact) mass is 696 g/mol. The number of amides is 2. The van der Waals surface area contributed by atoms with Gasteiger partial charge in [0.2, 0.25) is 17.6 Å². The zero-order valence-electron chi connectivity index (χ0n) is 26.2. The lowest BCUT2D eigenvalue weighted by molar-refractivity contribution is -0.137. The summed E-state index contributed by atoms with van der Waals surface area (Å²) in [4.78, 5) is 53.7. The lowest BCUT2D eigenvalue weighted by Crippen LogP contribution is -2.50. The highest BCUT2D eigenvalue weighted by molar-refractivity contribution is 6.33. The SMILES string of the molecule is O=C(Cn1c2c(c(=O)n3nc(N4CC5CC5C4)nc13)C1(CCC2)CCN(C(=O)c2ncccc2O)CC1)Nc1ccc(C(F)(F)F)cc1Cl. The number of anilines is 2. The number of nitrogens with one attached hydrogen (secondary N) is 1. The van der Waals surface area contributed by atoms with Gasteiger partial charge in [0, 0.05) is 49.0 Å². The molecule has 2 N–H and O–H groups in total. The molecule has 4 aromatic rings. The van der Waals surface area contributed by atoms with Crippen LogP contribution in [0.1, 0.15) is 59.4 Å². The molecule has 2 unspecified atom stereocenters. The molecule has 2 aliphatic heterocycles. The van der Waals surface area contributed by atoms with Crippen molar-refractivity contribution in [1.82, 2.24) is 29.0 Å². The molecular formula is C33H32ClF3N8O4. The topological polar surface area (TPSA) is 138 Å². The van der Waals surface area contributed by atoms with Gasteiger partial charge in [-0.25, -0.2) is 4.98 Å². The van der Waals surface area contributed by atoms with Crippen LogP contribution in [0.5, 0.6) is 5.75 Å². The van der Waals surface area contributed by atoms with E-state index < -0.39 is 23.1 Å². The molecule has 3 fully saturated rings. The molecule has 49 heavy (non-hydrogen) atoms. The number of benzene rings is 1. The normalized spacial score (nSPS) is 21.1. The van der Waals surface area contributed by atoms with E-state index in [0.29, 0.717) is 67.8 Å². The van der Waals surface area contributed by atoms with Crippen LogP contribution in [0.15, 0.2) is 41.3 Å². The molecule has 1 saturated carbocycles. The average molecular weight is 697 g/mol. The lowest BCUT2D eigenvalue weighted by atomic mass is 9.66. The quantitative estimate of drug-likeness (QED) is 0.316. The fourth-order valence-corrected chi connectivity index (χ4v) is 8.17. The maximum atomic E-state index is 14.4. The van der Waals surface area contributed by atoms with Crippen molar-refractivity contribution in [3.05, 3.63) is 74.4 Å². The highest BCUT2D eigenvalue weighted by atomic mass is 35.5. The summed E-state index contributed by atoms with van der Waals surface area (Å²) in [5.74, 6) is 0.648. The summed E-state index contributed by atoms with van der Waals surface area (Å²) >= 11 is 6.14. The van der Waals surface area contributed by atoms with Gasteiger partial charge in [-0.3, -0.25) is 14.4 Å². The number of aromatic hydroxyl groups is 1. The Balaban J connectivity index is 1.15. The molecule has 12 nitrogen and oxygen atoms in total. The molecule has 1 aromatic carbocycles. The molecule has 256 valence electrons. The summed E-state index contributed by atoms with van der Waals surface area (Å²) in [6, 6.07) is 5.68. The van der Waals surface area contributed by atoms with E-state index in [1.54, 1.807) is 15.5 Å². The van der Waals surface area contributed by atoms with Crippen molar-refractivity contribution in [3.8, 4) is 5.75 Å². The summed E-state index contributed by atoms with van der Waals surface area (Å²) in [7, 11) is 0. The van der Waals surface area contributed by atoms with E-state index >= 15 is 0 Å². The van der Waals surface area contributed by atoms with E-state index in [1.165, 1.54) is 23.2 Å². The second-order valence-corrected chi connectivity index (χ2v) is 13.9. The number of rotatable bonds is 5. The molecule has 1 spiro atoms. The number of halogens is 4. The number of pyridine rings is 1. The van der Waals surface area contributed by atoms with E-state index in [2.05, 4.69) is 20.3 Å². The van der Waals surface area contributed by atoms with Crippen LogP contribution < -0.4 is 15.8 Å². The Hall–Kier alpha value is -4.66. The van der Waals surface area contributed by atoms with Crippen molar-refractivity contribution >= 4 is 40.8 Å². The van der Waals surface area contributed by atoms with E-state index in [0.717, 1.165) is 37.7 Å². The minimum Gasteiger partial charge on any atom is -0.505 e. The first-order valence-electron chi connectivity index (χ1n) is 16.3. The first-order chi connectivity index (χ1) is 23.4. The molecule has 16 heteroatoms. The third-order valence-electron chi connectivity index (χ3n) is 10.6. The number of hydrogen-bond acceptors (Lipinski definition) is 8. The van der Waals surface area contributed by atoms with Gasteiger partial charge in [-0.1, -0.05) is 11.6 Å². The molecule has 2 aliphatic carbocycles. The maximum absolute atomic E-state index is 14.4. The Kier molecular flexibility index (Phi) is 7.39. The molecular weight excluding hydrogens is 665 g/mol. The van der Waals surface area contributed by atoms with E-state index in [-0.39, 0.29) is 45.9 Å². The Morgan fingerprint density at radius 1 is 1.10 bits per heavy atom. The maximum Gasteiger partial charge on any atom is 0.416 e. The number of piperidine rings is 2. The largest absolute Gasteiger partial charge is 0.505 e. The van der Waals surface area contributed by atoms with Crippen LogP contribution in [0.3, 0.4) is 0 Å². The van der Waals surface area contributed by atoms with Crippen LogP contribution in [-0.4, -0.2) is 72.1 Å². The minimum absolute atomic E-state index is 0.0245. The van der Waals surface area contributed by atoms with Gasteiger partial charge in [0.25, 0.3) is 11.5 Å². The molecule has 2 atom stereocenters. The van der Waals surface area contributed by atoms with Crippen LogP contribution in [-0.2, 0) is 29.4 Å². The number of alkyl halides is 3. The van der Waals surface area contributed by atoms with Crippen LogP contribution >= 0.6 is 11.6 Å². The average Bonchev–Trinajstić information content (AvgIpc) is 3.44. The Bertz CT molecular complexity index is 2060. The summed E-state index contributed by atoms with van der Waals surface area (Å²) < 4.78 is 42.6. The standard InChI is InChI=1S/C33H32ClF3N8O4/c34-21-14-20(33(35,36)37)5-6-22(21)39-25(47)17-44-23-3-1-7-32(8-11-42(12-9-32)29(49)27-24(46)4-2-10-38-27)26(23)28(48)45-31(44)40-30(41-45)43-15-18-13-19(18)16-43/h2,4-6,10,14,18-19,46H,1,3,7-9,11-13,15-17H2,(H,39,47). The fourth-order valence-electron chi connectivity index (χ4n) is 7.94. The van der Waals surface area contributed by atoms with Gasteiger partial charge in [-0.15, -0.1) is 5.10 Å². The predicted molar refractivity (Wildman–Crippen MR) is 172 cm³/mol. The number of likely N-dealkylation sites (tertiary alicyclic amines) is 1. The number of hydrogen-bond donors (Lipinski definition) is 2. The summed E-state index contributed by atoms with van der Waals surface area (Å²) in [5.41, 5.74) is -0.646. The van der Waals surface area contributed by atoms with E-state index in [9.17, 15) is 32.7 Å². The van der Waals surface area contributed by atoms with Gasteiger partial charge in [0.15, 0.2) is 5.69 Å². The number of nitrogens with zero attached hydrogens (tertiary/aromatic N) is 7. The van der Waals surface area contributed by atoms with Gasteiger partial charge in [0.05, 0.1) is 16.3 Å². The summed E-state index contributed by atoms with van der Waals surface area (Å²) in [5, 5.41) is 17.3. The second-order valence-electron chi connectivity index (χ2n) is 13.5. The molecule has 0 bridgehead atoms.